The van der Waals surface area contributed by atoms with E-state index in [1.807, 2.05) is 24.4 Å². The highest BCUT2D eigenvalue weighted by molar-refractivity contribution is 7.13. The molecule has 1 atom stereocenters. The highest BCUT2D eigenvalue weighted by Crippen LogP contribution is 2.25. The molecule has 3 heterocycles. The summed E-state index contributed by atoms with van der Waals surface area (Å²) in [5.74, 6) is 2.24. The van der Waals surface area contributed by atoms with Gasteiger partial charge in [-0.15, -0.1) is 11.3 Å². The molecule has 25 heavy (non-hydrogen) atoms. The number of furan rings is 1. The first kappa shape index (κ1) is 18.1. The number of nitrogens with zero attached hydrogens (tertiary/aromatic N) is 2. The van der Waals surface area contributed by atoms with Crippen molar-refractivity contribution in [3.63, 3.8) is 0 Å². The van der Waals surface area contributed by atoms with Crippen LogP contribution in [0.1, 0.15) is 38.1 Å². The van der Waals surface area contributed by atoms with Gasteiger partial charge in [0.15, 0.2) is 10.8 Å². The van der Waals surface area contributed by atoms with E-state index in [2.05, 4.69) is 29.0 Å². The van der Waals surface area contributed by atoms with Crippen LogP contribution >= 0.6 is 11.3 Å². The number of aryl methyl sites for hydroxylation is 1. The lowest BCUT2D eigenvalue weighted by atomic mass is 9.97. The molecule has 0 radical (unpaired) electrons. The van der Waals surface area contributed by atoms with E-state index in [1.54, 1.807) is 0 Å². The number of hydrogen-bond donors (Lipinski definition) is 1. The van der Waals surface area contributed by atoms with Gasteiger partial charge in [-0.05, 0) is 58.2 Å². The van der Waals surface area contributed by atoms with Crippen LogP contribution in [0, 0.1) is 12.8 Å². The molecule has 6 heteroatoms. The maximum Gasteiger partial charge on any atom is 0.226 e. The first-order valence-corrected chi connectivity index (χ1v) is 9.91. The number of thiazole rings is 1. The molecule has 0 aliphatic carbocycles. The second kappa shape index (κ2) is 8.15. The molecule has 0 spiro atoms. The second-order valence-corrected chi connectivity index (χ2v) is 7.99. The number of carbonyl (C=O) groups excluding carboxylic acids is 1. The number of hydrogen-bond acceptors (Lipinski definition) is 5. The van der Waals surface area contributed by atoms with Gasteiger partial charge in [-0.25, -0.2) is 4.98 Å². The van der Waals surface area contributed by atoms with Crippen molar-refractivity contribution in [1.29, 1.82) is 0 Å². The predicted molar refractivity (Wildman–Crippen MR) is 101 cm³/mol. The summed E-state index contributed by atoms with van der Waals surface area (Å²) in [6.07, 6.45) is 2.75. The Morgan fingerprint density at radius 1 is 1.48 bits per heavy atom. The number of rotatable bonds is 6. The van der Waals surface area contributed by atoms with E-state index in [1.165, 1.54) is 30.7 Å². The molecule has 2 aromatic rings. The van der Waals surface area contributed by atoms with E-state index in [-0.39, 0.29) is 5.91 Å². The largest absolute Gasteiger partial charge is 0.459 e. The number of carbonyl (C=O) groups is 1. The van der Waals surface area contributed by atoms with Crippen LogP contribution in [0.4, 0.5) is 0 Å². The normalized spacial score (nSPS) is 18.6. The molecule has 1 fully saturated rings. The molecule has 0 aromatic carbocycles. The van der Waals surface area contributed by atoms with Gasteiger partial charge < -0.3 is 14.6 Å². The molecule has 1 unspecified atom stereocenters. The number of piperidine rings is 1. The fourth-order valence-electron chi connectivity index (χ4n) is 3.27. The van der Waals surface area contributed by atoms with Gasteiger partial charge in [0.05, 0.1) is 12.1 Å². The standard InChI is InChI=1S/C19H27N3O2S/c1-13(2)22-8-4-5-15(11-22)10-20-18(23)9-16-12-25-19(21-16)17-7-6-14(3)24-17/h6-7,12-13,15H,4-5,8-11H2,1-3H3,(H,20,23). The van der Waals surface area contributed by atoms with Crippen LogP contribution in [-0.2, 0) is 11.2 Å². The van der Waals surface area contributed by atoms with Gasteiger partial charge in [-0.2, -0.15) is 0 Å². The number of nitrogens with one attached hydrogen (secondary N) is 1. The SMILES string of the molecule is Cc1ccc(-c2nc(CC(=O)NCC3CCCN(C(C)C)C3)cs2)o1. The van der Waals surface area contributed by atoms with Crippen molar-refractivity contribution >= 4 is 17.2 Å². The summed E-state index contributed by atoms with van der Waals surface area (Å²) in [4.78, 5) is 19.3. The predicted octanol–water partition coefficient (Wildman–Crippen LogP) is 3.49. The molecule has 1 amide bonds. The second-order valence-electron chi connectivity index (χ2n) is 7.13. The van der Waals surface area contributed by atoms with Crippen LogP contribution in [-0.4, -0.2) is 41.5 Å². The smallest absolute Gasteiger partial charge is 0.226 e. The molecule has 0 saturated carbocycles. The summed E-state index contributed by atoms with van der Waals surface area (Å²) in [7, 11) is 0. The number of likely N-dealkylation sites (tertiary alicyclic amines) is 1. The Morgan fingerprint density at radius 2 is 2.32 bits per heavy atom. The van der Waals surface area contributed by atoms with Gasteiger partial charge >= 0.3 is 0 Å². The Morgan fingerprint density at radius 3 is 3.04 bits per heavy atom. The third-order valence-corrected chi connectivity index (χ3v) is 5.62. The van der Waals surface area contributed by atoms with Crippen LogP contribution in [0.3, 0.4) is 0 Å². The minimum atomic E-state index is 0.0501. The van der Waals surface area contributed by atoms with E-state index >= 15 is 0 Å². The molecule has 1 N–H and O–H groups in total. The summed E-state index contributed by atoms with van der Waals surface area (Å²) >= 11 is 1.52. The molecular formula is C19H27N3O2S. The maximum absolute atomic E-state index is 12.2. The Kier molecular flexibility index (Phi) is 5.91. The van der Waals surface area contributed by atoms with Crippen LogP contribution in [0.25, 0.3) is 10.8 Å². The van der Waals surface area contributed by atoms with Gasteiger partial charge in [0, 0.05) is 24.5 Å². The summed E-state index contributed by atoms with van der Waals surface area (Å²) in [6.45, 7) is 9.41. The van der Waals surface area contributed by atoms with Crippen LogP contribution in [0.2, 0.25) is 0 Å². The van der Waals surface area contributed by atoms with Crippen molar-refractivity contribution in [1.82, 2.24) is 15.2 Å². The molecular weight excluding hydrogens is 334 g/mol. The Bertz CT molecular complexity index is 707. The number of amides is 1. The average molecular weight is 362 g/mol. The van der Waals surface area contributed by atoms with Gasteiger partial charge in [-0.3, -0.25) is 4.79 Å². The Hall–Kier alpha value is -1.66. The minimum Gasteiger partial charge on any atom is -0.459 e. The van der Waals surface area contributed by atoms with Crippen molar-refractivity contribution in [2.24, 2.45) is 5.92 Å². The highest BCUT2D eigenvalue weighted by atomic mass is 32.1. The average Bonchev–Trinajstić information content (AvgIpc) is 3.22. The first-order valence-electron chi connectivity index (χ1n) is 9.03. The van der Waals surface area contributed by atoms with Gasteiger partial charge in [0.25, 0.3) is 0 Å². The monoisotopic (exact) mass is 361 g/mol. The molecule has 136 valence electrons. The maximum atomic E-state index is 12.2. The zero-order chi connectivity index (χ0) is 17.8. The van der Waals surface area contributed by atoms with Gasteiger partial charge in [-0.1, -0.05) is 0 Å². The van der Waals surface area contributed by atoms with E-state index in [0.29, 0.717) is 18.4 Å². The molecule has 1 saturated heterocycles. The summed E-state index contributed by atoms with van der Waals surface area (Å²) < 4.78 is 5.59. The topological polar surface area (TPSA) is 58.4 Å². The van der Waals surface area contributed by atoms with E-state index in [9.17, 15) is 4.79 Å². The van der Waals surface area contributed by atoms with E-state index in [0.717, 1.165) is 35.3 Å². The quantitative estimate of drug-likeness (QED) is 0.856. The molecule has 0 bridgehead atoms. The van der Waals surface area contributed by atoms with Crippen molar-refractivity contribution in [2.75, 3.05) is 19.6 Å². The van der Waals surface area contributed by atoms with Gasteiger partial charge in [0.2, 0.25) is 5.91 Å². The zero-order valence-electron chi connectivity index (χ0n) is 15.2. The third kappa shape index (κ3) is 4.92. The van der Waals surface area contributed by atoms with Crippen molar-refractivity contribution in [3.8, 4) is 10.8 Å². The van der Waals surface area contributed by atoms with Crippen LogP contribution < -0.4 is 5.32 Å². The molecule has 3 rings (SSSR count). The van der Waals surface area contributed by atoms with Crippen LogP contribution in [0.5, 0.6) is 0 Å². The van der Waals surface area contributed by atoms with Crippen molar-refractivity contribution < 1.29 is 9.21 Å². The Balaban J connectivity index is 1.47. The van der Waals surface area contributed by atoms with E-state index in [4.69, 9.17) is 4.42 Å². The zero-order valence-corrected chi connectivity index (χ0v) is 16.1. The van der Waals surface area contributed by atoms with E-state index < -0.39 is 0 Å². The molecule has 1 aliphatic rings. The lowest BCUT2D eigenvalue weighted by Crippen LogP contribution is -2.44. The molecule has 1 aliphatic heterocycles. The minimum absolute atomic E-state index is 0.0501. The highest BCUT2D eigenvalue weighted by Gasteiger charge is 2.22. The first-order chi connectivity index (χ1) is 12.0. The van der Waals surface area contributed by atoms with Crippen molar-refractivity contribution in [3.05, 3.63) is 29.0 Å². The van der Waals surface area contributed by atoms with Gasteiger partial charge in [0.1, 0.15) is 5.76 Å². The summed E-state index contributed by atoms with van der Waals surface area (Å²) in [5, 5.41) is 5.86. The van der Waals surface area contributed by atoms with Crippen molar-refractivity contribution in [2.45, 2.75) is 46.1 Å². The Labute approximate surface area is 153 Å². The fourth-order valence-corrected chi connectivity index (χ4v) is 4.05. The van der Waals surface area contributed by atoms with Crippen LogP contribution in [0.15, 0.2) is 21.9 Å². The lowest BCUT2D eigenvalue weighted by Gasteiger charge is -2.35. The molecule has 2 aromatic heterocycles. The summed E-state index contributed by atoms with van der Waals surface area (Å²) in [5.41, 5.74) is 0.805. The lowest BCUT2D eigenvalue weighted by molar-refractivity contribution is -0.120. The number of aromatic nitrogens is 1. The summed E-state index contributed by atoms with van der Waals surface area (Å²) in [6, 6.07) is 4.42. The molecule has 5 nitrogen and oxygen atoms in total. The third-order valence-electron chi connectivity index (χ3n) is 4.71. The fraction of sp³-hybridized carbons (Fsp3) is 0.579.